The summed E-state index contributed by atoms with van der Waals surface area (Å²) < 4.78 is 0. The van der Waals surface area contributed by atoms with Gasteiger partial charge in [0.25, 0.3) is 0 Å². The zero-order valence-electron chi connectivity index (χ0n) is 12.3. The van der Waals surface area contributed by atoms with E-state index in [4.69, 9.17) is 0 Å². The van der Waals surface area contributed by atoms with Gasteiger partial charge in [0.2, 0.25) is 0 Å². The van der Waals surface area contributed by atoms with E-state index in [1.165, 1.54) is 51.4 Å². The van der Waals surface area contributed by atoms with E-state index >= 15 is 0 Å². The number of rotatable bonds is 4. The number of hydrogen-bond acceptors (Lipinski definition) is 3. The molecule has 2 aliphatic rings. The van der Waals surface area contributed by atoms with E-state index in [2.05, 4.69) is 12.1 Å². The number of aliphatic hydroxyl groups excluding tert-OH is 1. The van der Waals surface area contributed by atoms with Crippen LogP contribution in [0.3, 0.4) is 0 Å². The summed E-state index contributed by atoms with van der Waals surface area (Å²) >= 11 is 0. The van der Waals surface area contributed by atoms with Crippen LogP contribution in [0, 0.1) is 34.5 Å². The molecule has 110 valence electrons. The summed E-state index contributed by atoms with van der Waals surface area (Å²) in [6.07, 6.45) is 9.94. The van der Waals surface area contributed by atoms with Crippen molar-refractivity contribution in [2.45, 2.75) is 58.3 Å². The lowest BCUT2D eigenvalue weighted by Gasteiger charge is -2.37. The SMILES string of the molecule is C[C@@H]1CCC(CO)C([C@@H]2CCCC(CN=O)C2)CC1. The highest BCUT2D eigenvalue weighted by atomic mass is 16.3. The minimum Gasteiger partial charge on any atom is -0.396 e. The fourth-order valence-electron chi connectivity index (χ4n) is 4.41. The van der Waals surface area contributed by atoms with E-state index in [0.29, 0.717) is 30.9 Å². The summed E-state index contributed by atoms with van der Waals surface area (Å²) in [7, 11) is 0. The Balaban J connectivity index is 1.98. The third-order valence-corrected chi connectivity index (χ3v) is 5.62. The molecule has 3 heteroatoms. The molecule has 0 amide bonds. The molecule has 2 rings (SSSR count). The topological polar surface area (TPSA) is 49.7 Å². The highest BCUT2D eigenvalue weighted by Gasteiger charge is 2.34. The van der Waals surface area contributed by atoms with Gasteiger partial charge in [-0.1, -0.05) is 37.8 Å². The lowest BCUT2D eigenvalue weighted by Crippen LogP contribution is -2.30. The van der Waals surface area contributed by atoms with E-state index in [-0.39, 0.29) is 0 Å². The molecular formula is C16H29NO2. The van der Waals surface area contributed by atoms with Gasteiger partial charge < -0.3 is 5.11 Å². The van der Waals surface area contributed by atoms with Crippen molar-refractivity contribution in [1.29, 1.82) is 0 Å². The second-order valence-corrected chi connectivity index (χ2v) is 6.97. The molecule has 3 unspecified atom stereocenters. The largest absolute Gasteiger partial charge is 0.396 e. The molecule has 1 N–H and O–H groups in total. The van der Waals surface area contributed by atoms with Gasteiger partial charge in [0.1, 0.15) is 0 Å². The second-order valence-electron chi connectivity index (χ2n) is 6.97. The molecule has 0 aromatic carbocycles. The van der Waals surface area contributed by atoms with Crippen LogP contribution < -0.4 is 0 Å². The van der Waals surface area contributed by atoms with Crippen molar-refractivity contribution >= 4 is 0 Å². The van der Waals surface area contributed by atoms with Crippen LogP contribution in [0.2, 0.25) is 0 Å². The van der Waals surface area contributed by atoms with Gasteiger partial charge in [0, 0.05) is 6.61 Å². The smallest absolute Gasteiger partial charge is 0.0839 e. The van der Waals surface area contributed by atoms with Gasteiger partial charge in [0.05, 0.1) is 6.54 Å². The van der Waals surface area contributed by atoms with Gasteiger partial charge in [-0.05, 0) is 55.3 Å². The first-order chi connectivity index (χ1) is 9.24. The molecule has 2 saturated carbocycles. The maximum Gasteiger partial charge on any atom is 0.0839 e. The van der Waals surface area contributed by atoms with E-state index in [0.717, 1.165) is 11.8 Å². The maximum atomic E-state index is 10.5. The summed E-state index contributed by atoms with van der Waals surface area (Å²) in [5.41, 5.74) is 0. The molecule has 2 fully saturated rings. The molecule has 0 aliphatic heterocycles. The summed E-state index contributed by atoms with van der Waals surface area (Å²) in [6.45, 7) is 3.20. The summed E-state index contributed by atoms with van der Waals surface area (Å²) in [4.78, 5) is 10.5. The zero-order valence-corrected chi connectivity index (χ0v) is 12.3. The fourth-order valence-corrected chi connectivity index (χ4v) is 4.41. The molecule has 0 aromatic heterocycles. The highest BCUT2D eigenvalue weighted by Crippen LogP contribution is 2.43. The first kappa shape index (κ1) is 15.0. The predicted molar refractivity (Wildman–Crippen MR) is 77.8 cm³/mol. The number of hydrogen-bond donors (Lipinski definition) is 1. The molecule has 0 bridgehead atoms. The first-order valence-corrected chi connectivity index (χ1v) is 8.14. The molecule has 19 heavy (non-hydrogen) atoms. The number of nitroso groups, excluding NO2 is 1. The maximum absolute atomic E-state index is 10.5. The Morgan fingerprint density at radius 3 is 2.63 bits per heavy atom. The molecular weight excluding hydrogens is 238 g/mol. The van der Waals surface area contributed by atoms with Crippen molar-refractivity contribution in [3.8, 4) is 0 Å². The van der Waals surface area contributed by atoms with Crippen LogP contribution in [0.25, 0.3) is 0 Å². The number of aliphatic hydroxyl groups is 1. The average molecular weight is 267 g/mol. The van der Waals surface area contributed by atoms with Crippen molar-refractivity contribution in [1.82, 2.24) is 0 Å². The van der Waals surface area contributed by atoms with Crippen LogP contribution in [0.4, 0.5) is 0 Å². The minimum absolute atomic E-state index is 0.352. The third-order valence-electron chi connectivity index (χ3n) is 5.62. The van der Waals surface area contributed by atoms with Gasteiger partial charge in [-0.2, -0.15) is 4.91 Å². The highest BCUT2D eigenvalue weighted by molar-refractivity contribution is 4.85. The molecule has 0 heterocycles. The van der Waals surface area contributed by atoms with E-state index in [1.807, 2.05) is 0 Å². The lowest BCUT2D eigenvalue weighted by atomic mass is 9.69. The van der Waals surface area contributed by atoms with Crippen LogP contribution in [-0.4, -0.2) is 18.3 Å². The Morgan fingerprint density at radius 2 is 1.89 bits per heavy atom. The van der Waals surface area contributed by atoms with E-state index in [9.17, 15) is 10.0 Å². The van der Waals surface area contributed by atoms with E-state index < -0.39 is 0 Å². The Hall–Kier alpha value is -0.440. The van der Waals surface area contributed by atoms with Crippen molar-refractivity contribution in [3.05, 3.63) is 4.91 Å². The molecule has 3 nitrogen and oxygen atoms in total. The van der Waals surface area contributed by atoms with Crippen molar-refractivity contribution in [2.24, 2.45) is 34.8 Å². The Morgan fingerprint density at radius 1 is 1.11 bits per heavy atom. The molecule has 5 atom stereocenters. The Bertz CT molecular complexity index is 282. The Kier molecular flexibility index (Phi) is 5.80. The molecule has 0 radical (unpaired) electrons. The van der Waals surface area contributed by atoms with Crippen molar-refractivity contribution < 1.29 is 5.11 Å². The minimum atomic E-state index is 0.352. The normalized spacial score (nSPS) is 40.6. The van der Waals surface area contributed by atoms with Crippen LogP contribution >= 0.6 is 0 Å². The molecule has 0 spiro atoms. The quantitative estimate of drug-likeness (QED) is 0.618. The third kappa shape index (κ3) is 4.01. The first-order valence-electron chi connectivity index (χ1n) is 8.14. The number of nitrogens with zero attached hydrogens (tertiary/aromatic N) is 1. The van der Waals surface area contributed by atoms with Gasteiger partial charge >= 0.3 is 0 Å². The van der Waals surface area contributed by atoms with Gasteiger partial charge in [-0.3, -0.25) is 0 Å². The zero-order chi connectivity index (χ0) is 13.7. The van der Waals surface area contributed by atoms with Crippen molar-refractivity contribution in [3.63, 3.8) is 0 Å². The monoisotopic (exact) mass is 267 g/mol. The van der Waals surface area contributed by atoms with Crippen molar-refractivity contribution in [2.75, 3.05) is 13.2 Å². The second kappa shape index (κ2) is 7.37. The van der Waals surface area contributed by atoms with Gasteiger partial charge in [-0.25, -0.2) is 0 Å². The summed E-state index contributed by atoms with van der Waals surface area (Å²) in [6, 6.07) is 0. The Labute approximate surface area is 117 Å². The predicted octanol–water partition coefficient (Wildman–Crippen LogP) is 3.99. The van der Waals surface area contributed by atoms with E-state index in [1.54, 1.807) is 0 Å². The van der Waals surface area contributed by atoms with Crippen LogP contribution in [-0.2, 0) is 0 Å². The van der Waals surface area contributed by atoms with Crippen LogP contribution in [0.5, 0.6) is 0 Å². The average Bonchev–Trinajstić information content (AvgIpc) is 2.61. The van der Waals surface area contributed by atoms with Gasteiger partial charge in [-0.15, -0.1) is 0 Å². The lowest BCUT2D eigenvalue weighted by molar-refractivity contribution is 0.0940. The van der Waals surface area contributed by atoms with Crippen LogP contribution in [0.15, 0.2) is 5.18 Å². The molecule has 2 aliphatic carbocycles. The summed E-state index contributed by atoms with van der Waals surface area (Å²) in [5.74, 6) is 3.23. The summed E-state index contributed by atoms with van der Waals surface area (Å²) in [5, 5.41) is 12.8. The molecule has 0 aromatic rings. The standard InChI is InChI=1S/C16H29NO2/c1-12-5-7-15(11-18)16(8-6-12)14-4-2-3-13(9-14)10-17-19/h12-16,18H,2-11H2,1H3/t12-,13?,14-,15?,16?/m1/s1. The fraction of sp³-hybridized carbons (Fsp3) is 1.00. The van der Waals surface area contributed by atoms with Crippen LogP contribution in [0.1, 0.15) is 58.3 Å². The molecule has 0 saturated heterocycles. The van der Waals surface area contributed by atoms with Gasteiger partial charge in [0.15, 0.2) is 0 Å².